The first-order chi connectivity index (χ1) is 12.2. The van der Waals surface area contributed by atoms with Gasteiger partial charge in [0, 0.05) is 52.0 Å². The number of anilines is 1. The molecule has 26 heavy (non-hydrogen) atoms. The van der Waals surface area contributed by atoms with E-state index in [0.29, 0.717) is 6.04 Å². The van der Waals surface area contributed by atoms with Crippen LogP contribution in [0.1, 0.15) is 37.7 Å². The van der Waals surface area contributed by atoms with Crippen LogP contribution in [0.4, 0.5) is 5.82 Å². The SMILES string of the molecule is CN=C(NCc1ccc(N2CCN(C)CC2)nc1)NC1CCCCC1.I. The number of aromatic nitrogens is 1. The van der Waals surface area contributed by atoms with Gasteiger partial charge in [0.05, 0.1) is 0 Å². The molecule has 1 aromatic heterocycles. The number of nitrogens with zero attached hydrogens (tertiary/aromatic N) is 4. The molecule has 1 aromatic rings. The summed E-state index contributed by atoms with van der Waals surface area (Å²) in [6, 6.07) is 4.87. The topological polar surface area (TPSA) is 55.8 Å². The third-order valence-corrected chi connectivity index (χ3v) is 5.27. The number of guanidine groups is 1. The third kappa shape index (κ3) is 6.26. The molecule has 0 unspecified atom stereocenters. The highest BCUT2D eigenvalue weighted by atomic mass is 127. The average Bonchev–Trinajstić information content (AvgIpc) is 2.67. The molecule has 0 radical (unpaired) electrons. The predicted molar refractivity (Wildman–Crippen MR) is 120 cm³/mol. The van der Waals surface area contributed by atoms with E-state index in [-0.39, 0.29) is 24.0 Å². The second-order valence-corrected chi connectivity index (χ2v) is 7.22. The Kier molecular flexibility index (Phi) is 8.90. The molecular weight excluding hydrogens is 439 g/mol. The largest absolute Gasteiger partial charge is 0.354 e. The molecule has 1 saturated heterocycles. The number of nitrogens with one attached hydrogen (secondary N) is 2. The van der Waals surface area contributed by atoms with Crippen molar-refractivity contribution in [2.45, 2.75) is 44.7 Å². The van der Waals surface area contributed by atoms with Gasteiger partial charge in [0.1, 0.15) is 5.82 Å². The Balaban J connectivity index is 0.00000243. The molecule has 0 aromatic carbocycles. The maximum Gasteiger partial charge on any atom is 0.191 e. The number of piperazine rings is 1. The number of halogens is 1. The Hall–Kier alpha value is -1.09. The van der Waals surface area contributed by atoms with Gasteiger partial charge >= 0.3 is 0 Å². The van der Waals surface area contributed by atoms with E-state index in [0.717, 1.165) is 44.5 Å². The molecule has 7 heteroatoms. The minimum atomic E-state index is 0. The molecule has 1 aliphatic heterocycles. The van der Waals surface area contributed by atoms with E-state index in [1.807, 2.05) is 13.2 Å². The molecule has 2 aliphatic rings. The summed E-state index contributed by atoms with van der Waals surface area (Å²) in [5, 5.41) is 6.97. The van der Waals surface area contributed by atoms with E-state index in [4.69, 9.17) is 0 Å². The highest BCUT2D eigenvalue weighted by molar-refractivity contribution is 14.0. The van der Waals surface area contributed by atoms with Crippen LogP contribution in [-0.4, -0.2) is 62.2 Å². The summed E-state index contributed by atoms with van der Waals surface area (Å²) in [6.07, 6.45) is 8.51. The number of rotatable bonds is 4. The molecule has 0 spiro atoms. The van der Waals surface area contributed by atoms with E-state index in [1.54, 1.807) is 0 Å². The van der Waals surface area contributed by atoms with Crippen molar-refractivity contribution in [3.05, 3.63) is 23.9 Å². The van der Waals surface area contributed by atoms with E-state index >= 15 is 0 Å². The van der Waals surface area contributed by atoms with Crippen molar-refractivity contribution in [2.24, 2.45) is 4.99 Å². The summed E-state index contributed by atoms with van der Waals surface area (Å²) >= 11 is 0. The van der Waals surface area contributed by atoms with Gasteiger partial charge in [-0.3, -0.25) is 4.99 Å². The molecule has 1 aliphatic carbocycles. The van der Waals surface area contributed by atoms with Gasteiger partial charge in [0.25, 0.3) is 0 Å². The molecule has 0 amide bonds. The second-order valence-electron chi connectivity index (χ2n) is 7.22. The number of likely N-dealkylation sites (N-methyl/N-ethyl adjacent to an activating group) is 1. The molecule has 2 N–H and O–H groups in total. The van der Waals surface area contributed by atoms with E-state index in [2.05, 4.69) is 49.6 Å². The summed E-state index contributed by atoms with van der Waals surface area (Å²) in [5.41, 5.74) is 1.18. The van der Waals surface area contributed by atoms with E-state index in [9.17, 15) is 0 Å². The first-order valence-electron chi connectivity index (χ1n) is 9.60. The summed E-state index contributed by atoms with van der Waals surface area (Å²) in [4.78, 5) is 13.7. The molecule has 0 atom stereocenters. The van der Waals surface area contributed by atoms with Crippen molar-refractivity contribution in [1.82, 2.24) is 20.5 Å². The molecule has 146 valence electrons. The Bertz CT molecular complexity index is 548. The van der Waals surface area contributed by atoms with Crippen molar-refractivity contribution >= 4 is 35.8 Å². The van der Waals surface area contributed by atoms with Crippen LogP contribution in [0.2, 0.25) is 0 Å². The Labute approximate surface area is 174 Å². The Morgan fingerprint density at radius 1 is 1.15 bits per heavy atom. The highest BCUT2D eigenvalue weighted by Gasteiger charge is 2.16. The molecule has 3 rings (SSSR count). The summed E-state index contributed by atoms with van der Waals surface area (Å²) in [5.74, 6) is 1.98. The number of aliphatic imine (C=N–C) groups is 1. The highest BCUT2D eigenvalue weighted by Crippen LogP contribution is 2.17. The first-order valence-corrected chi connectivity index (χ1v) is 9.60. The lowest BCUT2D eigenvalue weighted by atomic mass is 9.96. The molecule has 2 heterocycles. The van der Waals surface area contributed by atoms with Crippen LogP contribution in [0.3, 0.4) is 0 Å². The fraction of sp³-hybridized carbons (Fsp3) is 0.684. The van der Waals surface area contributed by atoms with Crippen molar-refractivity contribution in [3.8, 4) is 0 Å². The first kappa shape index (κ1) is 21.2. The summed E-state index contributed by atoms with van der Waals surface area (Å²) in [6.45, 7) is 5.07. The zero-order valence-electron chi connectivity index (χ0n) is 16.1. The van der Waals surface area contributed by atoms with Gasteiger partial charge < -0.3 is 20.4 Å². The van der Waals surface area contributed by atoms with Crippen LogP contribution in [-0.2, 0) is 6.54 Å². The van der Waals surface area contributed by atoms with E-state index < -0.39 is 0 Å². The minimum absolute atomic E-state index is 0. The van der Waals surface area contributed by atoms with Crippen molar-refractivity contribution in [1.29, 1.82) is 0 Å². The fourth-order valence-corrected chi connectivity index (χ4v) is 3.56. The second kappa shape index (κ2) is 10.9. The Morgan fingerprint density at radius 3 is 2.50 bits per heavy atom. The van der Waals surface area contributed by atoms with Gasteiger partial charge in [-0.15, -0.1) is 24.0 Å². The lowest BCUT2D eigenvalue weighted by Crippen LogP contribution is -2.44. The molecule has 6 nitrogen and oxygen atoms in total. The average molecular weight is 472 g/mol. The lowest BCUT2D eigenvalue weighted by Gasteiger charge is -2.33. The Morgan fingerprint density at radius 2 is 1.88 bits per heavy atom. The van der Waals surface area contributed by atoms with Crippen LogP contribution < -0.4 is 15.5 Å². The normalized spacial score (nSPS) is 19.8. The standard InChI is InChI=1S/C19H32N6.HI/c1-20-19(23-17-6-4-3-5-7-17)22-15-16-8-9-18(21-14-16)25-12-10-24(2)11-13-25;/h8-9,14,17H,3-7,10-13,15H2,1-2H3,(H2,20,22,23);1H. The number of pyridine rings is 1. The molecule has 0 bridgehead atoms. The fourth-order valence-electron chi connectivity index (χ4n) is 3.56. The molecular formula is C19H33IN6. The van der Waals surface area contributed by atoms with Crippen molar-refractivity contribution in [3.63, 3.8) is 0 Å². The van der Waals surface area contributed by atoms with Gasteiger partial charge in [0.15, 0.2) is 5.96 Å². The maximum atomic E-state index is 4.65. The monoisotopic (exact) mass is 472 g/mol. The van der Waals surface area contributed by atoms with Gasteiger partial charge in [-0.25, -0.2) is 4.98 Å². The van der Waals surface area contributed by atoms with Gasteiger partial charge in [-0.1, -0.05) is 25.3 Å². The zero-order chi connectivity index (χ0) is 17.5. The van der Waals surface area contributed by atoms with Gasteiger partial charge in [0.2, 0.25) is 0 Å². The van der Waals surface area contributed by atoms with Crippen LogP contribution in [0.5, 0.6) is 0 Å². The van der Waals surface area contributed by atoms with Crippen molar-refractivity contribution < 1.29 is 0 Å². The summed E-state index contributed by atoms with van der Waals surface area (Å²) < 4.78 is 0. The van der Waals surface area contributed by atoms with Gasteiger partial charge in [-0.2, -0.15) is 0 Å². The number of hydrogen-bond donors (Lipinski definition) is 2. The quantitative estimate of drug-likeness (QED) is 0.401. The molecule has 2 fully saturated rings. The minimum Gasteiger partial charge on any atom is -0.354 e. The smallest absolute Gasteiger partial charge is 0.191 e. The summed E-state index contributed by atoms with van der Waals surface area (Å²) in [7, 11) is 4.01. The van der Waals surface area contributed by atoms with Crippen molar-refractivity contribution in [2.75, 3.05) is 45.2 Å². The third-order valence-electron chi connectivity index (χ3n) is 5.27. The zero-order valence-corrected chi connectivity index (χ0v) is 18.4. The van der Waals surface area contributed by atoms with Gasteiger partial charge in [-0.05, 0) is 31.5 Å². The number of hydrogen-bond acceptors (Lipinski definition) is 4. The van der Waals surface area contributed by atoms with E-state index in [1.165, 1.54) is 37.7 Å². The van der Waals surface area contributed by atoms with Crippen LogP contribution >= 0.6 is 24.0 Å². The van der Waals surface area contributed by atoms with Crippen LogP contribution in [0.15, 0.2) is 23.3 Å². The van der Waals surface area contributed by atoms with Crippen LogP contribution in [0, 0.1) is 0 Å². The molecule has 1 saturated carbocycles. The van der Waals surface area contributed by atoms with Crippen LogP contribution in [0.25, 0.3) is 0 Å². The maximum absolute atomic E-state index is 4.65. The predicted octanol–water partition coefficient (Wildman–Crippen LogP) is 2.45. The lowest BCUT2D eigenvalue weighted by molar-refractivity contribution is 0.312.